The number of anilines is 4. The fourth-order valence-corrected chi connectivity index (χ4v) is 9.60. The van der Waals surface area contributed by atoms with Crippen molar-refractivity contribution in [1.82, 2.24) is 29.7 Å². The molecule has 8 aromatic rings. The third-order valence-corrected chi connectivity index (χ3v) is 14.2. The lowest BCUT2D eigenvalue weighted by Crippen LogP contribution is -2.32. The molecule has 0 saturated heterocycles. The zero-order chi connectivity index (χ0) is 59.5. The van der Waals surface area contributed by atoms with E-state index in [1.807, 2.05) is 48.5 Å². The predicted molar refractivity (Wildman–Crippen MR) is 321 cm³/mol. The molecular formula is C64H70N10O10. The Morgan fingerprint density at radius 3 is 1.52 bits per heavy atom. The van der Waals surface area contributed by atoms with E-state index < -0.39 is 12.2 Å². The highest BCUT2D eigenvalue weighted by molar-refractivity contribution is 6.12. The summed E-state index contributed by atoms with van der Waals surface area (Å²) in [6, 6.07) is 38.2. The number of aliphatic hydroxyl groups excluding tert-OH is 1. The lowest BCUT2D eigenvalue weighted by molar-refractivity contribution is -0.0461. The van der Waals surface area contributed by atoms with Crippen LogP contribution < -0.4 is 45.4 Å². The first-order valence-electron chi connectivity index (χ1n) is 27.2. The maximum absolute atomic E-state index is 13.2. The minimum Gasteiger partial charge on any atom is -0.493 e. The number of aryl methyl sites for hydroxylation is 1. The number of carbonyl (C=O) groups excluding carboxylic acids is 3. The Kier molecular flexibility index (Phi) is 21.3. The van der Waals surface area contributed by atoms with Crippen LogP contribution >= 0.6 is 0 Å². The Labute approximate surface area is 488 Å². The molecule has 6 aromatic carbocycles. The molecule has 4 heterocycles. The number of ether oxygens (including phenoxy) is 5. The quantitative estimate of drug-likeness (QED) is 0.0347. The molecule has 20 nitrogen and oxygen atoms in total. The largest absolute Gasteiger partial charge is 0.493 e. The monoisotopic (exact) mass is 1140 g/mol. The number of hydrogen-bond donors (Lipinski definition) is 6. The minimum atomic E-state index is -1.58. The van der Waals surface area contributed by atoms with Gasteiger partial charge < -0.3 is 55.6 Å². The fraction of sp³-hybridized carbons (Fsp3) is 0.266. The average molecular weight is 1140 g/mol. The molecule has 0 radical (unpaired) electrons. The highest BCUT2D eigenvalue weighted by atomic mass is 16.5. The van der Waals surface area contributed by atoms with Gasteiger partial charge in [-0.25, -0.2) is 15.0 Å². The Morgan fingerprint density at radius 2 is 1.05 bits per heavy atom. The van der Waals surface area contributed by atoms with E-state index in [2.05, 4.69) is 82.1 Å². The first kappa shape index (κ1) is 60.6. The maximum Gasteiger partial charge on any atom is 0.275 e. The highest BCUT2D eigenvalue weighted by Crippen LogP contribution is 2.35. The van der Waals surface area contributed by atoms with Gasteiger partial charge in [0.1, 0.15) is 11.4 Å². The second-order valence-electron chi connectivity index (χ2n) is 19.8. The minimum absolute atomic E-state index is 0.103. The number of aliphatic hydroxyl groups is 2. The molecule has 0 aliphatic carbocycles. The standard InChI is InChI=1S/C32H33N5O4.C26H29N3O3.C6H8N2O3/c1-21-18-34-28(19-33-21)32(39)36-27-10-5-4-9-26(27)31(38)35-25-8-6-7-22(15-25)11-13-37-14-12-23-16-29(40-2)30(41-3)17-24(23)20-37;1-31-24-15-19-11-13-29(17-20(19)16-25(24)32-2)12-10-18-6-5-7-21(14-18)28-26(30)22-8-3-4-9-23(22)27;1-11-5-3-7-4(2-8-5)6(9)10/h4-10,15-19H,11-14,20H2,1-3H3,(H,35,38)(H,36,39);3-9,14-16H,10-13,17,27H2,1-2H3,(H,28,30);2-3,6,9-10H,1H3. The SMILES string of the molecule is COc1cc2c(cc1OC)CN(CCc1cccc(NC(=O)c3ccccc3N)c1)CC2.COc1cc2c(cc1OC)CN(CCc1cccc(NC(=O)c3ccccc3NC(=O)c3cnc(C)cn3)c1)CC2.COc1cnc(C(O)O)cn1. The number of nitrogens with two attached hydrogens (primary N) is 1. The summed E-state index contributed by atoms with van der Waals surface area (Å²) in [4.78, 5) is 58.9. The van der Waals surface area contributed by atoms with Crippen molar-refractivity contribution in [3.8, 4) is 28.9 Å². The number of methoxy groups -OCH3 is 5. The van der Waals surface area contributed by atoms with E-state index in [4.69, 9.17) is 39.6 Å². The second kappa shape index (κ2) is 29.5. The van der Waals surface area contributed by atoms with Crippen LogP contribution in [0.25, 0.3) is 0 Å². The lowest BCUT2D eigenvalue weighted by atomic mass is 9.98. The van der Waals surface area contributed by atoms with Crippen LogP contribution in [-0.2, 0) is 38.8 Å². The molecule has 0 bridgehead atoms. The molecular weight excluding hydrogens is 1070 g/mol. The van der Waals surface area contributed by atoms with Crippen molar-refractivity contribution in [2.45, 2.75) is 52.0 Å². The molecule has 2 aliphatic rings. The van der Waals surface area contributed by atoms with Crippen molar-refractivity contribution >= 4 is 40.5 Å². The van der Waals surface area contributed by atoms with Crippen molar-refractivity contribution in [1.29, 1.82) is 0 Å². The highest BCUT2D eigenvalue weighted by Gasteiger charge is 2.22. The van der Waals surface area contributed by atoms with Crippen molar-refractivity contribution < 1.29 is 48.3 Å². The van der Waals surface area contributed by atoms with Crippen molar-refractivity contribution in [3.63, 3.8) is 0 Å². The van der Waals surface area contributed by atoms with Gasteiger partial charge in [-0.05, 0) is 139 Å². The van der Waals surface area contributed by atoms with Crippen molar-refractivity contribution in [2.24, 2.45) is 0 Å². The first-order valence-corrected chi connectivity index (χ1v) is 27.2. The van der Waals surface area contributed by atoms with Gasteiger partial charge in [0, 0.05) is 62.5 Å². The van der Waals surface area contributed by atoms with Gasteiger partial charge in [0.15, 0.2) is 29.3 Å². The van der Waals surface area contributed by atoms with Gasteiger partial charge in [-0.3, -0.25) is 29.2 Å². The van der Waals surface area contributed by atoms with Gasteiger partial charge in [-0.15, -0.1) is 0 Å². The molecule has 3 amide bonds. The Hall–Kier alpha value is -9.47. The number of aromatic nitrogens is 4. The predicted octanol–water partition coefficient (Wildman–Crippen LogP) is 8.52. The number of rotatable bonds is 18. The third-order valence-electron chi connectivity index (χ3n) is 14.2. The summed E-state index contributed by atoms with van der Waals surface area (Å²) < 4.78 is 26.6. The molecule has 2 aromatic heterocycles. The molecule has 2 aliphatic heterocycles. The number of hydrogen-bond acceptors (Lipinski definition) is 17. The number of benzene rings is 6. The van der Waals surface area contributed by atoms with Crippen molar-refractivity contribution in [3.05, 3.63) is 208 Å². The number of fused-ring (bicyclic) bond motifs is 2. The Morgan fingerprint density at radius 1 is 0.536 bits per heavy atom. The average Bonchev–Trinajstić information content (AvgIpc) is 3.32. The molecule has 0 atom stereocenters. The third kappa shape index (κ3) is 16.4. The fourth-order valence-electron chi connectivity index (χ4n) is 9.60. The molecule has 20 heteroatoms. The van der Waals surface area contributed by atoms with Crippen LogP contribution in [0.1, 0.15) is 82.3 Å². The molecule has 0 unspecified atom stereocenters. The van der Waals surface area contributed by atoms with Crippen LogP contribution in [0, 0.1) is 6.92 Å². The molecule has 10 rings (SSSR count). The molecule has 0 fully saturated rings. The van der Waals surface area contributed by atoms with Gasteiger partial charge in [0.2, 0.25) is 5.88 Å². The zero-order valence-electron chi connectivity index (χ0n) is 47.9. The molecule has 0 spiro atoms. The smallest absolute Gasteiger partial charge is 0.275 e. The summed E-state index contributed by atoms with van der Waals surface area (Å²) in [5.74, 6) is 2.48. The van der Waals surface area contributed by atoms with E-state index in [1.165, 1.54) is 59.7 Å². The number of nitrogens with zero attached hydrogens (tertiary/aromatic N) is 6. The molecule has 436 valence electrons. The summed E-state index contributed by atoms with van der Waals surface area (Å²) in [7, 11) is 8.12. The Balaban J connectivity index is 0.000000189. The maximum atomic E-state index is 13.2. The van der Waals surface area contributed by atoms with Crippen molar-refractivity contribution in [2.75, 3.05) is 83.4 Å². The number of nitrogens with one attached hydrogen (secondary N) is 3. The van der Waals surface area contributed by atoms with E-state index >= 15 is 0 Å². The van der Waals surface area contributed by atoms with E-state index in [1.54, 1.807) is 71.8 Å². The van der Waals surface area contributed by atoms with Gasteiger partial charge in [0.25, 0.3) is 17.7 Å². The normalized spacial score (nSPS) is 12.6. The van der Waals surface area contributed by atoms with Crippen LogP contribution in [0.15, 0.2) is 146 Å². The van der Waals surface area contributed by atoms with E-state index in [9.17, 15) is 14.4 Å². The second-order valence-corrected chi connectivity index (χ2v) is 19.8. The summed E-state index contributed by atoms with van der Waals surface area (Å²) in [6.07, 6.45) is 7.61. The van der Waals surface area contributed by atoms with E-state index in [0.717, 1.165) is 99.2 Å². The van der Waals surface area contributed by atoms with E-state index in [0.29, 0.717) is 39.8 Å². The number of para-hydroxylation sites is 2. The number of amides is 3. The zero-order valence-corrected chi connectivity index (χ0v) is 47.9. The van der Waals surface area contributed by atoms with Gasteiger partial charge in [-0.2, -0.15) is 0 Å². The summed E-state index contributed by atoms with van der Waals surface area (Å²) in [5.41, 5.74) is 17.6. The first-order chi connectivity index (χ1) is 40.7. The topological polar surface area (TPSA) is 258 Å². The van der Waals surface area contributed by atoms with Crippen LogP contribution in [0.3, 0.4) is 0 Å². The summed E-state index contributed by atoms with van der Waals surface area (Å²) in [5, 5.41) is 25.9. The summed E-state index contributed by atoms with van der Waals surface area (Å²) >= 11 is 0. The van der Waals surface area contributed by atoms with Crippen LogP contribution in [0.5, 0.6) is 28.9 Å². The molecule has 84 heavy (non-hydrogen) atoms. The van der Waals surface area contributed by atoms with Crippen LogP contribution in [0.4, 0.5) is 22.7 Å². The lowest BCUT2D eigenvalue weighted by Gasteiger charge is -2.29. The molecule has 7 N–H and O–H groups in total. The number of carbonyl (C=O) groups is 3. The van der Waals surface area contributed by atoms with Gasteiger partial charge in [-0.1, -0.05) is 48.5 Å². The van der Waals surface area contributed by atoms with Crippen LogP contribution in [0.2, 0.25) is 0 Å². The number of nitrogen functional groups attached to an aromatic ring is 1. The summed E-state index contributed by atoms with van der Waals surface area (Å²) in [6.45, 7) is 7.34. The van der Waals surface area contributed by atoms with Gasteiger partial charge >= 0.3 is 0 Å². The molecule has 0 saturated carbocycles. The van der Waals surface area contributed by atoms with E-state index in [-0.39, 0.29) is 23.2 Å². The Bertz CT molecular complexity index is 3530. The van der Waals surface area contributed by atoms with Crippen LogP contribution in [-0.4, -0.2) is 119 Å². The van der Waals surface area contributed by atoms with Gasteiger partial charge in [0.05, 0.1) is 76.6 Å².